The maximum Gasteiger partial charge on any atom is 0.410 e. The van der Waals surface area contributed by atoms with E-state index in [1.165, 1.54) is 19.1 Å². The van der Waals surface area contributed by atoms with Gasteiger partial charge in [-0.05, 0) is 76.2 Å². The summed E-state index contributed by atoms with van der Waals surface area (Å²) in [7, 11) is 6.25. The first-order valence-electron chi connectivity index (χ1n) is 23.8. The Kier molecular flexibility index (Phi) is 19.4. The molecule has 1 saturated carbocycles. The molecule has 4 rings (SSSR count). The second-order valence-corrected chi connectivity index (χ2v) is 20.0. The van der Waals surface area contributed by atoms with Crippen molar-refractivity contribution in [2.75, 3.05) is 41.4 Å². The minimum absolute atomic E-state index is 0.0206. The fraction of sp³-hybridized carbons (Fsp3) is 0.735. The number of nitrogens with zero attached hydrogens (tertiary/aromatic N) is 4. The molecule has 11 atom stereocenters. The van der Waals surface area contributed by atoms with E-state index in [1.54, 1.807) is 68.6 Å². The van der Waals surface area contributed by atoms with Crippen molar-refractivity contribution in [1.82, 2.24) is 30.2 Å². The first-order chi connectivity index (χ1) is 31.0. The molecule has 3 N–H and O–H groups in total. The summed E-state index contributed by atoms with van der Waals surface area (Å²) in [6.07, 6.45) is 2.23. The molecular formula is C49H78N6O11. The van der Waals surface area contributed by atoms with Gasteiger partial charge in [-0.25, -0.2) is 9.59 Å². The lowest BCUT2D eigenvalue weighted by molar-refractivity contribution is -0.149. The number of likely N-dealkylation sites (N-methyl/N-ethyl adjacent to an activating group) is 1. The van der Waals surface area contributed by atoms with Crippen LogP contribution in [0.5, 0.6) is 0 Å². The fourth-order valence-corrected chi connectivity index (χ4v) is 10.1. The zero-order valence-corrected chi connectivity index (χ0v) is 41.4. The predicted octanol–water partition coefficient (Wildman–Crippen LogP) is 4.50. The largest absolute Gasteiger partial charge is 0.480 e. The summed E-state index contributed by atoms with van der Waals surface area (Å²) >= 11 is 0. The van der Waals surface area contributed by atoms with Crippen LogP contribution in [0.1, 0.15) is 112 Å². The highest BCUT2D eigenvalue weighted by atomic mass is 16.6. The van der Waals surface area contributed by atoms with Crippen molar-refractivity contribution in [2.24, 2.45) is 23.7 Å². The topological polar surface area (TPSA) is 204 Å². The molecule has 1 aromatic carbocycles. The average Bonchev–Trinajstić information content (AvgIpc) is 4.04. The monoisotopic (exact) mass is 927 g/mol. The normalized spacial score (nSPS) is 22.4. The van der Waals surface area contributed by atoms with Crippen LogP contribution in [-0.4, -0.2) is 162 Å². The van der Waals surface area contributed by atoms with Gasteiger partial charge in [0.05, 0.1) is 36.6 Å². The third-order valence-corrected chi connectivity index (χ3v) is 13.9. The van der Waals surface area contributed by atoms with Gasteiger partial charge in [0.15, 0.2) is 0 Å². The Morgan fingerprint density at radius 3 is 2.15 bits per heavy atom. The standard InChI is InChI=1S/C49H78N6O11/c1-13-30(4)41(37(64-11)28-39(57)54-24-17-20-36(54)43(65-12)31(5)44(58)50-35(47(61)62)26-32-18-15-14-16-19-32)53(10)46(60)40(29(2)3)51-45(59)42-33-21-22-34(27-33)55(42)38(56)23-25-52(9)48(63)66-49(6,7)8/h14-16,18-19,29-31,33-37,40-43H,13,17,20-28H2,1-12H3,(H,50,58)(H,51,59)(H,61,62)/t30-,31+,33-,34+,35?,36?,37+,40?,41-,42-,43+/m0/s1. The van der Waals surface area contributed by atoms with E-state index in [1.807, 2.05) is 45.9 Å². The molecule has 0 spiro atoms. The lowest BCUT2D eigenvalue weighted by Gasteiger charge is -2.41. The molecular weight excluding hydrogens is 849 g/mol. The number of aliphatic carboxylic acids is 1. The van der Waals surface area contributed by atoms with E-state index in [0.29, 0.717) is 32.2 Å². The summed E-state index contributed by atoms with van der Waals surface area (Å²) < 4.78 is 17.4. The molecule has 2 bridgehead atoms. The molecule has 3 unspecified atom stereocenters. The second-order valence-electron chi connectivity index (χ2n) is 20.0. The number of amides is 6. The number of likely N-dealkylation sites (tertiary alicyclic amines) is 2. The van der Waals surface area contributed by atoms with Gasteiger partial charge in [-0.2, -0.15) is 0 Å². The summed E-state index contributed by atoms with van der Waals surface area (Å²) in [6.45, 7) is 15.2. The van der Waals surface area contributed by atoms with Gasteiger partial charge in [0.2, 0.25) is 29.5 Å². The Balaban J connectivity index is 1.46. The number of fused-ring (bicyclic) bond motifs is 2. The van der Waals surface area contributed by atoms with Gasteiger partial charge in [-0.1, -0.05) is 71.4 Å². The van der Waals surface area contributed by atoms with Gasteiger partial charge in [0.25, 0.3) is 0 Å². The number of hydrogen-bond donors (Lipinski definition) is 3. The van der Waals surface area contributed by atoms with Crippen LogP contribution in [0.15, 0.2) is 30.3 Å². The Bertz CT molecular complexity index is 1840. The fourth-order valence-electron chi connectivity index (χ4n) is 10.1. The van der Waals surface area contributed by atoms with E-state index in [0.717, 1.165) is 18.4 Å². The van der Waals surface area contributed by atoms with Crippen LogP contribution in [0, 0.1) is 23.7 Å². The SMILES string of the molecule is CC[C@H](C)[C@@H]([C@@H](CC(=O)N1CCCC1[C@H](OC)[C@@H](C)C(=O)NC(Cc1ccccc1)C(=O)O)OC)N(C)C(=O)C(NC(=O)[C@@H]1[C@H]2CC[C@H](C2)N1C(=O)CCN(C)C(=O)OC(C)(C)C)C(C)C. The second kappa shape index (κ2) is 23.8. The summed E-state index contributed by atoms with van der Waals surface area (Å²) in [5, 5.41) is 15.7. The van der Waals surface area contributed by atoms with Gasteiger partial charge in [0.1, 0.15) is 23.7 Å². The van der Waals surface area contributed by atoms with E-state index < -0.39 is 71.9 Å². The lowest BCUT2D eigenvalue weighted by Crippen LogP contribution is -2.60. The zero-order chi connectivity index (χ0) is 49.2. The number of carbonyl (C=O) groups is 7. The highest BCUT2D eigenvalue weighted by molar-refractivity contribution is 5.93. The first kappa shape index (κ1) is 53.8. The minimum Gasteiger partial charge on any atom is -0.480 e. The van der Waals surface area contributed by atoms with Crippen molar-refractivity contribution in [1.29, 1.82) is 0 Å². The highest BCUT2D eigenvalue weighted by Gasteiger charge is 2.52. The van der Waals surface area contributed by atoms with Crippen molar-refractivity contribution in [3.8, 4) is 0 Å². The number of piperidine rings is 1. The number of ether oxygens (including phenoxy) is 3. The smallest absolute Gasteiger partial charge is 0.410 e. The summed E-state index contributed by atoms with van der Waals surface area (Å²) in [4.78, 5) is 102. The number of hydrogen-bond acceptors (Lipinski definition) is 10. The van der Waals surface area contributed by atoms with E-state index in [9.17, 15) is 38.7 Å². The third-order valence-electron chi connectivity index (χ3n) is 13.9. The number of carbonyl (C=O) groups excluding carboxylic acids is 6. The molecule has 3 fully saturated rings. The Morgan fingerprint density at radius 2 is 1.58 bits per heavy atom. The molecule has 0 radical (unpaired) electrons. The van der Waals surface area contributed by atoms with Crippen molar-refractivity contribution in [2.45, 2.75) is 167 Å². The van der Waals surface area contributed by atoms with E-state index >= 15 is 0 Å². The van der Waals surface area contributed by atoms with Crippen LogP contribution in [0.2, 0.25) is 0 Å². The van der Waals surface area contributed by atoms with Crippen LogP contribution < -0.4 is 10.6 Å². The number of benzene rings is 1. The maximum atomic E-state index is 14.7. The first-order valence-corrected chi connectivity index (χ1v) is 23.8. The molecule has 6 amide bonds. The van der Waals surface area contributed by atoms with E-state index in [2.05, 4.69) is 10.6 Å². The van der Waals surface area contributed by atoms with Gasteiger partial charge < -0.3 is 49.6 Å². The van der Waals surface area contributed by atoms with Crippen molar-refractivity contribution in [3.63, 3.8) is 0 Å². The molecule has 2 heterocycles. The molecule has 2 saturated heterocycles. The molecule has 17 nitrogen and oxygen atoms in total. The summed E-state index contributed by atoms with van der Waals surface area (Å²) in [5.74, 6) is -4.13. The highest BCUT2D eigenvalue weighted by Crippen LogP contribution is 2.43. The van der Waals surface area contributed by atoms with Crippen LogP contribution >= 0.6 is 0 Å². The quantitative estimate of drug-likeness (QED) is 0.148. The summed E-state index contributed by atoms with van der Waals surface area (Å²) in [5.41, 5.74) is 0.0827. The molecule has 1 aliphatic carbocycles. The molecule has 1 aromatic rings. The number of methoxy groups -OCH3 is 2. The Hall–Kier alpha value is -4.77. The van der Waals surface area contributed by atoms with Crippen molar-refractivity contribution < 1.29 is 52.9 Å². The minimum atomic E-state index is -1.16. The van der Waals surface area contributed by atoms with Crippen LogP contribution in [0.3, 0.4) is 0 Å². The number of nitrogens with one attached hydrogen (secondary N) is 2. The molecule has 2 aliphatic heterocycles. The van der Waals surface area contributed by atoms with E-state index in [4.69, 9.17) is 14.2 Å². The molecule has 17 heteroatoms. The van der Waals surface area contributed by atoms with Crippen LogP contribution in [0.4, 0.5) is 4.79 Å². The van der Waals surface area contributed by atoms with Gasteiger partial charge in [-0.3, -0.25) is 24.0 Å². The maximum absolute atomic E-state index is 14.7. The zero-order valence-electron chi connectivity index (χ0n) is 41.4. The molecule has 370 valence electrons. The number of carboxylic acid groups (broad SMARTS) is 1. The van der Waals surface area contributed by atoms with Crippen LogP contribution in [-0.2, 0) is 49.4 Å². The van der Waals surface area contributed by atoms with Gasteiger partial charge in [0, 0.05) is 60.3 Å². The van der Waals surface area contributed by atoms with Gasteiger partial charge >= 0.3 is 12.1 Å². The Labute approximate surface area is 392 Å². The molecule has 0 aromatic heterocycles. The average molecular weight is 927 g/mol. The van der Waals surface area contributed by atoms with Crippen LogP contribution in [0.25, 0.3) is 0 Å². The van der Waals surface area contributed by atoms with Crippen molar-refractivity contribution >= 4 is 41.6 Å². The molecule has 66 heavy (non-hydrogen) atoms. The van der Waals surface area contributed by atoms with Gasteiger partial charge in [-0.15, -0.1) is 0 Å². The molecule has 3 aliphatic rings. The predicted molar refractivity (Wildman–Crippen MR) is 248 cm³/mol. The van der Waals surface area contributed by atoms with Crippen molar-refractivity contribution in [3.05, 3.63) is 35.9 Å². The number of carboxylic acids is 1. The third kappa shape index (κ3) is 13.4. The Morgan fingerprint density at radius 1 is 0.909 bits per heavy atom. The van der Waals surface area contributed by atoms with E-state index in [-0.39, 0.29) is 73.2 Å². The number of rotatable bonds is 22. The summed E-state index contributed by atoms with van der Waals surface area (Å²) in [6, 6.07) is 5.07. The lowest BCUT2D eigenvalue weighted by atomic mass is 9.89.